The number of nitrogens with two attached hydrogens (primary N) is 1. The number of ketones is 1. The van der Waals surface area contributed by atoms with E-state index < -0.39 is 0 Å². The van der Waals surface area contributed by atoms with Crippen molar-refractivity contribution in [2.45, 2.75) is 52.0 Å². The van der Waals surface area contributed by atoms with Crippen molar-refractivity contribution in [1.82, 2.24) is 10.3 Å². The van der Waals surface area contributed by atoms with Crippen molar-refractivity contribution < 1.29 is 9.59 Å². The summed E-state index contributed by atoms with van der Waals surface area (Å²) in [6.07, 6.45) is 4.58. The highest BCUT2D eigenvalue weighted by atomic mass is 16.2. The predicted molar refractivity (Wildman–Crippen MR) is 70.6 cm³/mol. The van der Waals surface area contributed by atoms with Crippen LogP contribution in [-0.2, 0) is 9.59 Å². The summed E-state index contributed by atoms with van der Waals surface area (Å²) < 4.78 is 0. The molecule has 1 aliphatic heterocycles. The summed E-state index contributed by atoms with van der Waals surface area (Å²) in [7, 11) is 0. The van der Waals surface area contributed by atoms with Gasteiger partial charge in [-0.25, -0.2) is 5.84 Å². The number of Topliss-reactive ketones (excluding diaryl/α,β-unsaturated/α-hetero) is 1. The number of amides is 1. The molecule has 5 nitrogen and oxygen atoms in total. The van der Waals surface area contributed by atoms with Gasteiger partial charge < -0.3 is 5.32 Å². The van der Waals surface area contributed by atoms with E-state index in [1.165, 1.54) is 5.01 Å². The topological polar surface area (TPSA) is 75.4 Å². The summed E-state index contributed by atoms with van der Waals surface area (Å²) in [5.41, 5.74) is 0. The first-order valence-corrected chi connectivity index (χ1v) is 6.82. The Bertz CT molecular complexity index is 288. The fourth-order valence-corrected chi connectivity index (χ4v) is 2.14. The number of hydrogen-bond donors (Lipinski definition) is 2. The molecule has 2 unspecified atom stereocenters. The van der Waals surface area contributed by atoms with Crippen molar-refractivity contribution in [3.8, 4) is 0 Å². The molecular formula is C13H25N3O2. The van der Waals surface area contributed by atoms with Crippen molar-refractivity contribution in [1.29, 1.82) is 0 Å². The van der Waals surface area contributed by atoms with Gasteiger partial charge in [-0.3, -0.25) is 14.6 Å². The van der Waals surface area contributed by atoms with Gasteiger partial charge in [0.15, 0.2) is 0 Å². The number of nitrogens with one attached hydrogen (secondary N) is 1. The van der Waals surface area contributed by atoms with Crippen LogP contribution in [0.1, 0.15) is 46.0 Å². The van der Waals surface area contributed by atoms with Gasteiger partial charge in [0.2, 0.25) is 0 Å². The summed E-state index contributed by atoms with van der Waals surface area (Å²) >= 11 is 0. The molecule has 0 saturated carbocycles. The highest BCUT2D eigenvalue weighted by Crippen LogP contribution is 2.10. The van der Waals surface area contributed by atoms with Crippen LogP contribution < -0.4 is 11.2 Å². The van der Waals surface area contributed by atoms with Crippen LogP contribution in [0.5, 0.6) is 0 Å². The maximum Gasteiger partial charge on any atom is 0.253 e. The van der Waals surface area contributed by atoms with E-state index in [9.17, 15) is 9.59 Å². The van der Waals surface area contributed by atoms with E-state index in [1.54, 1.807) is 6.92 Å². The summed E-state index contributed by atoms with van der Waals surface area (Å²) in [5, 5.41) is 4.47. The normalized spacial score (nSPS) is 20.7. The molecule has 0 aromatic carbocycles. The number of unbranched alkanes of at least 4 members (excludes halogenated alkanes) is 1. The van der Waals surface area contributed by atoms with E-state index in [0.717, 1.165) is 38.6 Å². The quantitative estimate of drug-likeness (QED) is 0.306. The van der Waals surface area contributed by atoms with E-state index >= 15 is 0 Å². The van der Waals surface area contributed by atoms with Crippen LogP contribution in [0.2, 0.25) is 0 Å². The van der Waals surface area contributed by atoms with Crippen LogP contribution in [0.15, 0.2) is 0 Å². The molecule has 5 heteroatoms. The molecule has 0 radical (unpaired) electrons. The minimum atomic E-state index is -0.0915. The van der Waals surface area contributed by atoms with Gasteiger partial charge in [0.1, 0.15) is 5.78 Å². The third-order valence-corrected chi connectivity index (χ3v) is 3.62. The first kappa shape index (κ1) is 15.1. The van der Waals surface area contributed by atoms with Crippen LogP contribution in [0.3, 0.4) is 0 Å². The molecule has 3 N–H and O–H groups in total. The summed E-state index contributed by atoms with van der Waals surface area (Å²) in [5.74, 6) is 6.09. The lowest BCUT2D eigenvalue weighted by Gasteiger charge is -2.20. The van der Waals surface area contributed by atoms with Gasteiger partial charge in [-0.1, -0.05) is 13.3 Å². The average molecular weight is 255 g/mol. The largest absolute Gasteiger partial charge is 0.306 e. The first-order chi connectivity index (χ1) is 8.52. The molecule has 0 aliphatic carbocycles. The minimum absolute atomic E-state index is 0.00730. The monoisotopic (exact) mass is 255 g/mol. The maximum absolute atomic E-state index is 11.9. The molecule has 0 aromatic rings. The zero-order valence-corrected chi connectivity index (χ0v) is 11.4. The molecule has 1 amide bonds. The van der Waals surface area contributed by atoms with Gasteiger partial charge in [0.05, 0.1) is 6.04 Å². The highest BCUT2D eigenvalue weighted by Gasteiger charge is 2.25. The van der Waals surface area contributed by atoms with Crippen molar-refractivity contribution in [3.63, 3.8) is 0 Å². The smallest absolute Gasteiger partial charge is 0.253 e. The Balaban J connectivity index is 2.14. The summed E-state index contributed by atoms with van der Waals surface area (Å²) in [6, 6.07) is -0.0915. The molecule has 1 aliphatic rings. The lowest BCUT2D eigenvalue weighted by molar-refractivity contribution is -0.133. The molecule has 104 valence electrons. The molecule has 0 aromatic heterocycles. The molecule has 1 heterocycles. The molecule has 0 bridgehead atoms. The van der Waals surface area contributed by atoms with Crippen molar-refractivity contribution in [3.05, 3.63) is 0 Å². The Morgan fingerprint density at radius 1 is 1.44 bits per heavy atom. The Labute approximate surface area is 109 Å². The molecule has 2 atom stereocenters. The first-order valence-electron chi connectivity index (χ1n) is 6.82. The van der Waals surface area contributed by atoms with E-state index in [-0.39, 0.29) is 23.7 Å². The Morgan fingerprint density at radius 2 is 2.17 bits per heavy atom. The second-order valence-corrected chi connectivity index (χ2v) is 5.19. The number of hydrazine groups is 1. The average Bonchev–Trinajstić information content (AvgIpc) is 2.86. The maximum atomic E-state index is 11.9. The van der Waals surface area contributed by atoms with Crippen molar-refractivity contribution >= 4 is 11.7 Å². The highest BCUT2D eigenvalue weighted by molar-refractivity contribution is 5.81. The molecule has 1 rings (SSSR count). The predicted octanol–water partition coefficient (Wildman–Crippen LogP) is 0.836. The van der Waals surface area contributed by atoms with Crippen molar-refractivity contribution in [2.24, 2.45) is 11.8 Å². The Morgan fingerprint density at radius 3 is 2.72 bits per heavy atom. The number of hydrogen-bond acceptors (Lipinski definition) is 4. The Kier molecular flexibility index (Phi) is 6.29. The third-order valence-electron chi connectivity index (χ3n) is 3.62. The van der Waals surface area contributed by atoms with Crippen LogP contribution in [0.25, 0.3) is 0 Å². The third kappa shape index (κ3) is 4.74. The van der Waals surface area contributed by atoms with Gasteiger partial charge in [0, 0.05) is 12.5 Å². The zero-order chi connectivity index (χ0) is 13.5. The van der Waals surface area contributed by atoms with Gasteiger partial charge in [-0.05, 0) is 39.2 Å². The van der Waals surface area contributed by atoms with Crippen LogP contribution in [-0.4, -0.2) is 35.8 Å². The van der Waals surface area contributed by atoms with Gasteiger partial charge in [-0.2, -0.15) is 0 Å². The molecule has 1 saturated heterocycles. The lowest BCUT2D eigenvalue weighted by Crippen LogP contribution is -2.47. The lowest BCUT2D eigenvalue weighted by atomic mass is 10.0. The fraction of sp³-hybridized carbons (Fsp3) is 0.846. The second kappa shape index (κ2) is 7.48. The molecule has 0 spiro atoms. The van der Waals surface area contributed by atoms with E-state index in [0.29, 0.717) is 6.54 Å². The molecular weight excluding hydrogens is 230 g/mol. The van der Waals surface area contributed by atoms with Crippen LogP contribution >= 0.6 is 0 Å². The Hall–Kier alpha value is -0.940. The van der Waals surface area contributed by atoms with E-state index in [1.807, 2.05) is 6.92 Å². The number of rotatable bonds is 7. The SMILES string of the molecule is CC(=O)C(C)CCCCN(N)C(=O)C1CCCN1. The van der Waals surface area contributed by atoms with Crippen LogP contribution in [0.4, 0.5) is 0 Å². The van der Waals surface area contributed by atoms with E-state index in [4.69, 9.17) is 5.84 Å². The van der Waals surface area contributed by atoms with Crippen LogP contribution in [0, 0.1) is 5.92 Å². The molecule has 18 heavy (non-hydrogen) atoms. The minimum Gasteiger partial charge on any atom is -0.306 e. The number of carbonyl (C=O) groups is 2. The summed E-state index contributed by atoms with van der Waals surface area (Å²) in [6.45, 7) is 5.04. The van der Waals surface area contributed by atoms with Gasteiger partial charge in [-0.15, -0.1) is 0 Å². The molecule has 1 fully saturated rings. The number of nitrogens with zero attached hydrogens (tertiary/aromatic N) is 1. The fourth-order valence-electron chi connectivity index (χ4n) is 2.14. The summed E-state index contributed by atoms with van der Waals surface area (Å²) in [4.78, 5) is 22.9. The standard InChI is InChI=1S/C13H25N3O2/c1-10(11(2)17)6-3-4-9-16(14)13(18)12-7-5-8-15-12/h10,12,15H,3-9,14H2,1-2H3. The number of carbonyl (C=O) groups excluding carboxylic acids is 2. The van der Waals surface area contributed by atoms with Gasteiger partial charge in [0.25, 0.3) is 5.91 Å². The second-order valence-electron chi connectivity index (χ2n) is 5.19. The van der Waals surface area contributed by atoms with Gasteiger partial charge >= 0.3 is 0 Å². The van der Waals surface area contributed by atoms with E-state index in [2.05, 4.69) is 5.32 Å². The van der Waals surface area contributed by atoms with Crippen molar-refractivity contribution in [2.75, 3.05) is 13.1 Å². The zero-order valence-electron chi connectivity index (χ0n) is 11.4.